The van der Waals surface area contributed by atoms with Gasteiger partial charge in [0.15, 0.2) is 5.58 Å². The molecule has 0 unspecified atom stereocenters. The molecule has 4 nitrogen and oxygen atoms in total. The van der Waals surface area contributed by atoms with E-state index < -0.39 is 5.76 Å². The standard InChI is InChI=1S/C11H13NO3/c1-6(2)7-4-10-8(5-9(7)13)12(3)11(14)15-10/h4-6,13H,1-3H3. The van der Waals surface area contributed by atoms with Crippen molar-refractivity contribution < 1.29 is 9.52 Å². The summed E-state index contributed by atoms with van der Waals surface area (Å²) in [5, 5.41) is 9.76. The minimum absolute atomic E-state index is 0.194. The van der Waals surface area contributed by atoms with Crippen molar-refractivity contribution in [1.82, 2.24) is 4.57 Å². The minimum atomic E-state index is -0.412. The Morgan fingerprint density at radius 3 is 2.67 bits per heavy atom. The first-order valence-corrected chi connectivity index (χ1v) is 4.83. The molecule has 0 atom stereocenters. The van der Waals surface area contributed by atoms with Gasteiger partial charge in [0.25, 0.3) is 0 Å². The summed E-state index contributed by atoms with van der Waals surface area (Å²) >= 11 is 0. The van der Waals surface area contributed by atoms with Crippen molar-refractivity contribution in [3.63, 3.8) is 0 Å². The Hall–Kier alpha value is -1.71. The van der Waals surface area contributed by atoms with Crippen LogP contribution in [0.3, 0.4) is 0 Å². The van der Waals surface area contributed by atoms with Crippen molar-refractivity contribution in [3.05, 3.63) is 28.2 Å². The van der Waals surface area contributed by atoms with Gasteiger partial charge >= 0.3 is 5.76 Å². The van der Waals surface area contributed by atoms with Crippen LogP contribution < -0.4 is 5.76 Å². The molecule has 0 saturated heterocycles. The normalized spacial score (nSPS) is 11.5. The van der Waals surface area contributed by atoms with Gasteiger partial charge in [0.1, 0.15) is 5.75 Å². The molecule has 0 fully saturated rings. The zero-order valence-electron chi connectivity index (χ0n) is 8.94. The average molecular weight is 207 g/mol. The van der Waals surface area contributed by atoms with Crippen LogP contribution in [-0.2, 0) is 7.05 Å². The average Bonchev–Trinajstić information content (AvgIpc) is 2.43. The molecule has 0 aliphatic rings. The van der Waals surface area contributed by atoms with E-state index in [9.17, 15) is 9.90 Å². The zero-order chi connectivity index (χ0) is 11.2. The molecule has 2 aromatic rings. The molecule has 4 heteroatoms. The van der Waals surface area contributed by atoms with Crippen LogP contribution >= 0.6 is 0 Å². The van der Waals surface area contributed by atoms with Gasteiger partial charge in [0.2, 0.25) is 0 Å². The van der Waals surface area contributed by atoms with Crippen LogP contribution in [0.2, 0.25) is 0 Å². The molecular formula is C11H13NO3. The summed E-state index contributed by atoms with van der Waals surface area (Å²) in [6, 6.07) is 3.28. The molecule has 1 heterocycles. The Morgan fingerprint density at radius 1 is 1.40 bits per heavy atom. The smallest absolute Gasteiger partial charge is 0.419 e. The second-order valence-corrected chi connectivity index (χ2v) is 3.96. The number of oxazole rings is 1. The summed E-state index contributed by atoms with van der Waals surface area (Å²) < 4.78 is 6.41. The molecule has 1 aromatic carbocycles. The van der Waals surface area contributed by atoms with Gasteiger partial charge in [-0.3, -0.25) is 4.57 Å². The van der Waals surface area contributed by atoms with Gasteiger partial charge in [-0.25, -0.2) is 4.79 Å². The molecule has 1 aromatic heterocycles. The van der Waals surface area contributed by atoms with Gasteiger partial charge in [-0.2, -0.15) is 0 Å². The van der Waals surface area contributed by atoms with Crippen molar-refractivity contribution in [2.24, 2.45) is 7.05 Å². The molecule has 0 amide bonds. The monoisotopic (exact) mass is 207 g/mol. The van der Waals surface area contributed by atoms with E-state index in [4.69, 9.17) is 4.42 Å². The van der Waals surface area contributed by atoms with Crippen LogP contribution in [-0.4, -0.2) is 9.67 Å². The third-order valence-corrected chi connectivity index (χ3v) is 2.56. The predicted octanol–water partition coefficient (Wildman–Crippen LogP) is 1.96. The maximum Gasteiger partial charge on any atom is 0.419 e. The number of fused-ring (bicyclic) bond motifs is 1. The van der Waals surface area contributed by atoms with Crippen LogP contribution in [0.15, 0.2) is 21.3 Å². The number of nitrogens with zero attached hydrogens (tertiary/aromatic N) is 1. The van der Waals surface area contributed by atoms with E-state index in [1.807, 2.05) is 13.8 Å². The molecule has 0 aliphatic carbocycles. The van der Waals surface area contributed by atoms with E-state index in [0.717, 1.165) is 5.56 Å². The van der Waals surface area contributed by atoms with Crippen molar-refractivity contribution in [2.75, 3.05) is 0 Å². The number of aryl methyl sites for hydroxylation is 1. The van der Waals surface area contributed by atoms with Gasteiger partial charge in [-0.05, 0) is 12.0 Å². The summed E-state index contributed by atoms with van der Waals surface area (Å²) in [6.07, 6.45) is 0. The Balaban J connectivity index is 2.82. The van der Waals surface area contributed by atoms with Crippen molar-refractivity contribution in [3.8, 4) is 5.75 Å². The fraction of sp³-hybridized carbons (Fsp3) is 0.364. The Morgan fingerprint density at radius 2 is 2.07 bits per heavy atom. The van der Waals surface area contributed by atoms with E-state index in [2.05, 4.69) is 0 Å². The topological polar surface area (TPSA) is 55.4 Å². The summed E-state index contributed by atoms with van der Waals surface area (Å²) in [5.74, 6) is -0.0147. The summed E-state index contributed by atoms with van der Waals surface area (Å²) in [6.45, 7) is 3.95. The third kappa shape index (κ3) is 1.42. The Bertz CT molecular complexity index is 563. The lowest BCUT2D eigenvalue weighted by Gasteiger charge is -2.07. The molecule has 1 N–H and O–H groups in total. The van der Waals surface area contributed by atoms with Crippen LogP contribution in [0.5, 0.6) is 5.75 Å². The van der Waals surface area contributed by atoms with Crippen LogP contribution in [0.4, 0.5) is 0 Å². The lowest BCUT2D eigenvalue weighted by molar-refractivity contribution is 0.465. The number of benzene rings is 1. The van der Waals surface area contributed by atoms with Gasteiger partial charge in [0, 0.05) is 18.7 Å². The van der Waals surface area contributed by atoms with Gasteiger partial charge in [-0.15, -0.1) is 0 Å². The lowest BCUT2D eigenvalue weighted by Crippen LogP contribution is -2.08. The number of phenols is 1. The maximum absolute atomic E-state index is 11.2. The molecule has 0 spiro atoms. The van der Waals surface area contributed by atoms with Crippen molar-refractivity contribution in [1.29, 1.82) is 0 Å². The number of hydrogen-bond donors (Lipinski definition) is 1. The number of phenolic OH excluding ortho intramolecular Hbond substituents is 1. The zero-order valence-corrected chi connectivity index (χ0v) is 8.94. The van der Waals surface area contributed by atoms with Crippen molar-refractivity contribution >= 4 is 11.1 Å². The van der Waals surface area contributed by atoms with Crippen LogP contribution in [0.25, 0.3) is 11.1 Å². The fourth-order valence-electron chi connectivity index (χ4n) is 1.64. The number of rotatable bonds is 1. The predicted molar refractivity (Wildman–Crippen MR) is 57.2 cm³/mol. The molecule has 0 bridgehead atoms. The Kier molecular flexibility index (Phi) is 2.07. The maximum atomic E-state index is 11.2. The largest absolute Gasteiger partial charge is 0.508 e. The van der Waals surface area contributed by atoms with Crippen molar-refractivity contribution in [2.45, 2.75) is 19.8 Å². The molecule has 2 rings (SSSR count). The second kappa shape index (κ2) is 3.15. The van der Waals surface area contributed by atoms with Gasteiger partial charge < -0.3 is 9.52 Å². The summed E-state index contributed by atoms with van der Waals surface area (Å²) in [4.78, 5) is 11.2. The third-order valence-electron chi connectivity index (χ3n) is 2.56. The second-order valence-electron chi connectivity index (χ2n) is 3.96. The van der Waals surface area contributed by atoms with E-state index in [-0.39, 0.29) is 11.7 Å². The first-order chi connectivity index (χ1) is 7.00. The Labute approximate surface area is 86.8 Å². The molecule has 0 aliphatic heterocycles. The molecular weight excluding hydrogens is 194 g/mol. The highest BCUT2D eigenvalue weighted by Crippen LogP contribution is 2.29. The fourth-order valence-corrected chi connectivity index (χ4v) is 1.64. The molecule has 0 radical (unpaired) electrons. The minimum Gasteiger partial charge on any atom is -0.508 e. The molecule has 80 valence electrons. The number of aromatic nitrogens is 1. The first-order valence-electron chi connectivity index (χ1n) is 4.83. The quantitative estimate of drug-likeness (QED) is 0.777. The molecule has 15 heavy (non-hydrogen) atoms. The highest BCUT2D eigenvalue weighted by molar-refractivity contribution is 5.76. The molecule has 0 saturated carbocycles. The number of aromatic hydroxyl groups is 1. The van der Waals surface area contributed by atoms with E-state index in [1.165, 1.54) is 4.57 Å². The summed E-state index contributed by atoms with van der Waals surface area (Å²) in [5.41, 5.74) is 1.92. The van der Waals surface area contributed by atoms with E-state index >= 15 is 0 Å². The van der Waals surface area contributed by atoms with Gasteiger partial charge in [0.05, 0.1) is 5.52 Å². The number of hydrogen-bond acceptors (Lipinski definition) is 3. The SMILES string of the molecule is CC(C)c1cc2oc(=O)n(C)c2cc1O. The van der Waals surface area contributed by atoms with E-state index in [0.29, 0.717) is 11.1 Å². The highest BCUT2D eigenvalue weighted by Gasteiger charge is 2.12. The first kappa shape index (κ1) is 9.83. The summed E-state index contributed by atoms with van der Waals surface area (Å²) in [7, 11) is 1.61. The lowest BCUT2D eigenvalue weighted by atomic mass is 10.0. The highest BCUT2D eigenvalue weighted by atomic mass is 16.4. The van der Waals surface area contributed by atoms with Crippen LogP contribution in [0.1, 0.15) is 25.3 Å². The van der Waals surface area contributed by atoms with Gasteiger partial charge in [-0.1, -0.05) is 13.8 Å². The van der Waals surface area contributed by atoms with E-state index in [1.54, 1.807) is 19.2 Å². The van der Waals surface area contributed by atoms with Crippen LogP contribution in [0, 0.1) is 0 Å².